The molecular formula is C35H37F2N7O3. The zero-order chi connectivity index (χ0) is 33.7. The van der Waals surface area contributed by atoms with E-state index in [1.54, 1.807) is 35.2 Å². The van der Waals surface area contributed by atoms with Crippen molar-refractivity contribution >= 4 is 34.2 Å². The first kappa shape index (κ1) is 32.0. The van der Waals surface area contributed by atoms with Gasteiger partial charge in [-0.3, -0.25) is 14.6 Å². The van der Waals surface area contributed by atoms with Crippen LogP contribution in [0.2, 0.25) is 0 Å². The number of aromatic nitrogens is 4. The summed E-state index contributed by atoms with van der Waals surface area (Å²) >= 11 is 0. The molecule has 2 aliphatic heterocycles. The number of carbonyl (C=O) groups excluding carboxylic acids is 2. The van der Waals surface area contributed by atoms with Gasteiger partial charge in [0.05, 0.1) is 22.3 Å². The van der Waals surface area contributed by atoms with E-state index in [1.165, 1.54) is 28.8 Å². The Morgan fingerprint density at radius 3 is 2.55 bits per heavy atom. The van der Waals surface area contributed by atoms with E-state index in [0.717, 1.165) is 0 Å². The molecule has 12 heteroatoms. The van der Waals surface area contributed by atoms with Crippen LogP contribution in [0.15, 0.2) is 54.0 Å². The first-order valence-electron chi connectivity index (χ1n) is 15.7. The van der Waals surface area contributed by atoms with Gasteiger partial charge in [-0.15, -0.1) is 0 Å². The fraction of sp³-hybridized carbons (Fsp3) is 0.371. The SMILES string of the molecule is C=CC(=O)N1C[C@H](C)N(c2nc(=O)n3c4nc(c(F)cc24)-c2c(F)cccc2N(C)CCC(=O)Cc2ccnc(C(C)C)c2-3)C[C@H]1C. The summed E-state index contributed by atoms with van der Waals surface area (Å²) in [6.45, 7) is 12.1. The van der Waals surface area contributed by atoms with Crippen LogP contribution in [-0.4, -0.2) is 74.9 Å². The van der Waals surface area contributed by atoms with Crippen LogP contribution in [0.25, 0.3) is 28.0 Å². The lowest BCUT2D eigenvalue weighted by atomic mass is 9.99. The molecule has 1 amide bonds. The second-order valence-electron chi connectivity index (χ2n) is 12.7. The molecule has 2 bridgehead atoms. The molecule has 2 aliphatic rings. The quantitative estimate of drug-likeness (QED) is 0.294. The van der Waals surface area contributed by atoms with Gasteiger partial charge in [0.15, 0.2) is 11.5 Å². The molecule has 10 nitrogen and oxygen atoms in total. The van der Waals surface area contributed by atoms with E-state index in [0.29, 0.717) is 35.7 Å². The molecule has 0 unspecified atom stereocenters. The fourth-order valence-electron chi connectivity index (χ4n) is 6.66. The normalized spacial score (nSPS) is 18.5. The van der Waals surface area contributed by atoms with Crippen molar-refractivity contribution in [3.63, 3.8) is 0 Å². The summed E-state index contributed by atoms with van der Waals surface area (Å²) in [5, 5.41) is 0.227. The van der Waals surface area contributed by atoms with Crippen molar-refractivity contribution in [2.75, 3.05) is 36.5 Å². The summed E-state index contributed by atoms with van der Waals surface area (Å²) in [6.07, 6.45) is 3.02. The molecule has 47 heavy (non-hydrogen) atoms. The van der Waals surface area contributed by atoms with E-state index < -0.39 is 17.3 Å². The van der Waals surface area contributed by atoms with Crippen LogP contribution in [0, 0.1) is 11.6 Å². The van der Waals surface area contributed by atoms with E-state index in [4.69, 9.17) is 4.98 Å². The van der Waals surface area contributed by atoms with Gasteiger partial charge in [-0.05, 0) is 55.7 Å². The smallest absolute Gasteiger partial charge is 0.355 e. The number of piperazine rings is 1. The minimum Gasteiger partial charge on any atom is -0.374 e. The fourth-order valence-corrected chi connectivity index (χ4v) is 6.66. The molecule has 6 rings (SSSR count). The zero-order valence-corrected chi connectivity index (χ0v) is 27.1. The molecule has 0 aliphatic carbocycles. The van der Waals surface area contributed by atoms with Crippen molar-refractivity contribution in [1.29, 1.82) is 0 Å². The minimum atomic E-state index is -0.798. The van der Waals surface area contributed by atoms with E-state index in [-0.39, 0.29) is 77.2 Å². The Balaban J connectivity index is 1.72. The molecule has 1 fully saturated rings. The second kappa shape index (κ2) is 12.3. The van der Waals surface area contributed by atoms with Gasteiger partial charge >= 0.3 is 5.69 Å². The molecule has 3 aromatic heterocycles. The van der Waals surface area contributed by atoms with Crippen LogP contribution in [-0.2, 0) is 16.0 Å². The molecule has 2 atom stereocenters. The Morgan fingerprint density at radius 1 is 1.06 bits per heavy atom. The molecular weight excluding hydrogens is 604 g/mol. The molecule has 0 radical (unpaired) electrons. The monoisotopic (exact) mass is 641 g/mol. The number of amides is 1. The highest BCUT2D eigenvalue weighted by atomic mass is 19.1. The number of fused-ring (bicyclic) bond motifs is 5. The molecule has 4 aromatic rings. The maximum atomic E-state index is 16.4. The lowest BCUT2D eigenvalue weighted by Crippen LogP contribution is -2.58. The Labute approximate surface area is 271 Å². The largest absolute Gasteiger partial charge is 0.374 e. The third kappa shape index (κ3) is 5.55. The van der Waals surface area contributed by atoms with Gasteiger partial charge in [0, 0.05) is 63.5 Å². The molecule has 5 heterocycles. The second-order valence-corrected chi connectivity index (χ2v) is 12.7. The number of carbonyl (C=O) groups is 2. The first-order valence-corrected chi connectivity index (χ1v) is 15.7. The molecule has 1 saturated heterocycles. The van der Waals surface area contributed by atoms with Crippen molar-refractivity contribution in [3.8, 4) is 16.9 Å². The first-order chi connectivity index (χ1) is 22.4. The maximum absolute atomic E-state index is 16.4. The highest BCUT2D eigenvalue weighted by Crippen LogP contribution is 2.38. The third-order valence-corrected chi connectivity index (χ3v) is 9.08. The summed E-state index contributed by atoms with van der Waals surface area (Å²) in [4.78, 5) is 59.5. The van der Waals surface area contributed by atoms with Gasteiger partial charge < -0.3 is 14.7 Å². The summed E-state index contributed by atoms with van der Waals surface area (Å²) in [7, 11) is 1.72. The van der Waals surface area contributed by atoms with Crippen molar-refractivity contribution in [2.45, 2.75) is 58.5 Å². The number of benzene rings is 1. The lowest BCUT2D eigenvalue weighted by molar-refractivity contribution is -0.128. The van der Waals surface area contributed by atoms with Crippen molar-refractivity contribution in [3.05, 3.63) is 82.6 Å². The lowest BCUT2D eigenvalue weighted by Gasteiger charge is -2.44. The maximum Gasteiger partial charge on any atom is 0.355 e. The molecule has 0 N–H and O–H groups in total. The molecule has 0 spiro atoms. The standard InChI is InChI=1S/C35H37F2N7O3/c1-7-28(46)42-17-21(5)43(18-20(42)4)33-24-16-26(37)31-29-25(36)9-8-10-27(29)41(6)14-12-23(45)15-22-11-13-38-30(19(2)3)32(22)44(34(24)39-31)35(47)40-33/h7-11,13,16,19-21H,1,12,14-15,17-18H2,2-6H3/t20-,21+/m1/s1. The summed E-state index contributed by atoms with van der Waals surface area (Å²) in [5.74, 6) is -1.76. The Bertz CT molecular complexity index is 1990. The number of halogens is 2. The summed E-state index contributed by atoms with van der Waals surface area (Å²) < 4.78 is 33.4. The van der Waals surface area contributed by atoms with E-state index >= 15 is 8.78 Å². The number of ketones is 1. The zero-order valence-electron chi connectivity index (χ0n) is 27.1. The van der Waals surface area contributed by atoms with Gasteiger partial charge in [-0.25, -0.2) is 23.1 Å². The number of pyridine rings is 2. The highest BCUT2D eigenvalue weighted by molar-refractivity contribution is 5.93. The van der Waals surface area contributed by atoms with E-state index in [9.17, 15) is 14.4 Å². The van der Waals surface area contributed by atoms with E-state index in [2.05, 4.69) is 16.5 Å². The summed E-state index contributed by atoms with van der Waals surface area (Å²) in [5.41, 5.74) is 0.825. The van der Waals surface area contributed by atoms with Crippen LogP contribution in [0.5, 0.6) is 0 Å². The van der Waals surface area contributed by atoms with Crippen LogP contribution < -0.4 is 15.5 Å². The molecule has 0 saturated carbocycles. The Morgan fingerprint density at radius 2 is 1.83 bits per heavy atom. The number of rotatable bonds is 3. The van der Waals surface area contributed by atoms with Gasteiger partial charge in [0.2, 0.25) is 5.91 Å². The highest BCUT2D eigenvalue weighted by Gasteiger charge is 2.35. The van der Waals surface area contributed by atoms with Crippen molar-refractivity contribution < 1.29 is 18.4 Å². The van der Waals surface area contributed by atoms with Crippen molar-refractivity contribution in [2.24, 2.45) is 0 Å². The third-order valence-electron chi connectivity index (χ3n) is 9.08. The van der Waals surface area contributed by atoms with Crippen LogP contribution in [0.4, 0.5) is 20.3 Å². The van der Waals surface area contributed by atoms with Gasteiger partial charge in [0.25, 0.3) is 0 Å². The van der Waals surface area contributed by atoms with Crippen LogP contribution in [0.1, 0.15) is 51.3 Å². The Hall–Kier alpha value is -5.00. The average Bonchev–Trinajstić information content (AvgIpc) is 3.04. The number of hydrogen-bond donors (Lipinski definition) is 0. The summed E-state index contributed by atoms with van der Waals surface area (Å²) in [6, 6.07) is 6.79. The molecule has 1 aromatic carbocycles. The Kier molecular flexibility index (Phi) is 8.37. The number of Topliss-reactive ketones (excluding diaryl/α,β-unsaturated/α-hetero) is 1. The number of hydrogen-bond acceptors (Lipinski definition) is 8. The number of nitrogens with zero attached hydrogens (tertiary/aromatic N) is 7. The van der Waals surface area contributed by atoms with Gasteiger partial charge in [-0.1, -0.05) is 26.5 Å². The van der Waals surface area contributed by atoms with Crippen LogP contribution in [0.3, 0.4) is 0 Å². The number of anilines is 2. The van der Waals surface area contributed by atoms with Gasteiger partial charge in [-0.2, -0.15) is 4.98 Å². The van der Waals surface area contributed by atoms with Gasteiger partial charge in [0.1, 0.15) is 23.1 Å². The minimum absolute atomic E-state index is 0.0129. The van der Waals surface area contributed by atoms with E-state index in [1.807, 2.05) is 32.6 Å². The average molecular weight is 642 g/mol. The van der Waals surface area contributed by atoms with Crippen molar-refractivity contribution in [1.82, 2.24) is 24.4 Å². The predicted molar refractivity (Wildman–Crippen MR) is 177 cm³/mol. The van der Waals surface area contributed by atoms with Crippen LogP contribution >= 0.6 is 0 Å². The predicted octanol–water partition coefficient (Wildman–Crippen LogP) is 4.81. The molecule has 244 valence electrons. The topological polar surface area (TPSA) is 105 Å².